The Morgan fingerprint density at radius 3 is 1.73 bits per heavy atom. The summed E-state index contributed by atoms with van der Waals surface area (Å²) < 4.78 is 5.53. The maximum absolute atomic E-state index is 10.4. The quantitative estimate of drug-likeness (QED) is 0.337. The molecule has 0 rings (SSSR count). The fourth-order valence-electron chi connectivity index (χ4n) is 2.89. The number of hydrogen-bond donors (Lipinski definition) is 1. The predicted molar refractivity (Wildman–Crippen MR) is 93.4 cm³/mol. The maximum atomic E-state index is 10.4. The molecular weight excluding hydrogens is 276 g/mol. The highest BCUT2D eigenvalue weighted by molar-refractivity contribution is 5.66. The molecular formula is C19H38O3. The molecule has 0 aromatic rings. The summed E-state index contributed by atoms with van der Waals surface area (Å²) in [6, 6.07) is 0. The van der Waals surface area contributed by atoms with Gasteiger partial charge in [0.05, 0.1) is 6.10 Å². The Morgan fingerprint density at radius 1 is 0.818 bits per heavy atom. The van der Waals surface area contributed by atoms with Crippen molar-refractivity contribution in [3.8, 4) is 0 Å². The van der Waals surface area contributed by atoms with Gasteiger partial charge in [0.15, 0.2) is 0 Å². The highest BCUT2D eigenvalue weighted by atomic mass is 16.5. The minimum Gasteiger partial charge on any atom is -0.481 e. The molecule has 1 atom stereocenters. The van der Waals surface area contributed by atoms with Crippen LogP contribution in [0.25, 0.3) is 0 Å². The van der Waals surface area contributed by atoms with Gasteiger partial charge < -0.3 is 9.84 Å². The van der Waals surface area contributed by atoms with Gasteiger partial charge in [0.2, 0.25) is 0 Å². The zero-order chi connectivity index (χ0) is 16.5. The first-order valence-electron chi connectivity index (χ1n) is 9.45. The van der Waals surface area contributed by atoms with E-state index in [1.165, 1.54) is 57.8 Å². The molecule has 3 nitrogen and oxygen atoms in total. The summed E-state index contributed by atoms with van der Waals surface area (Å²) in [6.45, 7) is 2.26. The van der Waals surface area contributed by atoms with Gasteiger partial charge in [0.25, 0.3) is 0 Å². The molecule has 0 spiro atoms. The molecule has 0 aliphatic heterocycles. The number of methoxy groups -OCH3 is 1. The fourth-order valence-corrected chi connectivity index (χ4v) is 2.89. The van der Waals surface area contributed by atoms with Crippen LogP contribution in [0.2, 0.25) is 0 Å². The van der Waals surface area contributed by atoms with Crippen molar-refractivity contribution in [3.63, 3.8) is 0 Å². The summed E-state index contributed by atoms with van der Waals surface area (Å²) >= 11 is 0. The summed E-state index contributed by atoms with van der Waals surface area (Å²) in [4.78, 5) is 10.4. The minimum atomic E-state index is -0.682. The van der Waals surface area contributed by atoms with E-state index in [2.05, 4.69) is 6.92 Å². The first-order valence-corrected chi connectivity index (χ1v) is 9.45. The maximum Gasteiger partial charge on any atom is 0.303 e. The number of ether oxygens (including phenoxy) is 1. The lowest BCUT2D eigenvalue weighted by Crippen LogP contribution is -2.10. The molecule has 0 aliphatic carbocycles. The van der Waals surface area contributed by atoms with Crippen LogP contribution in [0.15, 0.2) is 0 Å². The number of carboxylic acids is 1. The van der Waals surface area contributed by atoms with Gasteiger partial charge in [-0.15, -0.1) is 0 Å². The van der Waals surface area contributed by atoms with Gasteiger partial charge in [-0.25, -0.2) is 0 Å². The second-order valence-corrected chi connectivity index (χ2v) is 6.47. The number of carbonyl (C=O) groups is 1. The van der Waals surface area contributed by atoms with E-state index in [1.54, 1.807) is 7.11 Å². The van der Waals surface area contributed by atoms with Gasteiger partial charge in [0, 0.05) is 13.5 Å². The lowest BCUT2D eigenvalue weighted by molar-refractivity contribution is -0.137. The van der Waals surface area contributed by atoms with Crippen molar-refractivity contribution in [2.24, 2.45) is 0 Å². The van der Waals surface area contributed by atoms with Crippen LogP contribution < -0.4 is 0 Å². The van der Waals surface area contributed by atoms with E-state index < -0.39 is 5.97 Å². The van der Waals surface area contributed by atoms with E-state index in [0.717, 1.165) is 32.1 Å². The Balaban J connectivity index is 3.33. The second-order valence-electron chi connectivity index (χ2n) is 6.47. The lowest BCUT2D eigenvalue weighted by atomic mass is 10.0. The van der Waals surface area contributed by atoms with Crippen molar-refractivity contribution >= 4 is 5.97 Å². The van der Waals surface area contributed by atoms with Gasteiger partial charge in [-0.05, 0) is 19.3 Å². The summed E-state index contributed by atoms with van der Waals surface area (Å²) in [7, 11) is 1.80. The third kappa shape index (κ3) is 15.8. The van der Waals surface area contributed by atoms with Crippen LogP contribution in [0, 0.1) is 0 Å². The van der Waals surface area contributed by atoms with Gasteiger partial charge >= 0.3 is 5.97 Å². The number of hydrogen-bond acceptors (Lipinski definition) is 2. The van der Waals surface area contributed by atoms with Crippen LogP contribution in [0.4, 0.5) is 0 Å². The predicted octanol–water partition coefficient (Wildman–Crippen LogP) is 5.96. The zero-order valence-electron chi connectivity index (χ0n) is 14.9. The third-order valence-corrected chi connectivity index (χ3v) is 4.38. The van der Waals surface area contributed by atoms with Gasteiger partial charge in [-0.2, -0.15) is 0 Å². The minimum absolute atomic E-state index is 0.301. The summed E-state index contributed by atoms with van der Waals surface area (Å²) in [6.07, 6.45) is 18.1. The topological polar surface area (TPSA) is 46.5 Å². The van der Waals surface area contributed by atoms with Gasteiger partial charge in [0.1, 0.15) is 0 Å². The standard InChI is InChI=1S/C19H38O3/c1-3-4-5-6-7-8-9-10-12-15-18(22-2)16-13-11-14-17-19(20)21/h18H,3-17H2,1-2H3,(H,20,21). The van der Waals surface area contributed by atoms with Crippen LogP contribution in [0.3, 0.4) is 0 Å². The smallest absolute Gasteiger partial charge is 0.303 e. The van der Waals surface area contributed by atoms with Crippen LogP contribution in [0.5, 0.6) is 0 Å². The van der Waals surface area contributed by atoms with Crippen molar-refractivity contribution in [2.45, 2.75) is 109 Å². The van der Waals surface area contributed by atoms with E-state index >= 15 is 0 Å². The Kier molecular flexibility index (Phi) is 16.4. The van der Waals surface area contributed by atoms with E-state index in [-0.39, 0.29) is 0 Å². The van der Waals surface area contributed by atoms with E-state index in [9.17, 15) is 4.79 Å². The van der Waals surface area contributed by atoms with Crippen LogP contribution in [0.1, 0.15) is 103 Å². The van der Waals surface area contributed by atoms with Crippen molar-refractivity contribution in [1.82, 2.24) is 0 Å². The van der Waals surface area contributed by atoms with E-state index in [1.807, 2.05) is 0 Å². The molecule has 0 aromatic carbocycles. The molecule has 0 saturated carbocycles. The molecule has 1 N–H and O–H groups in total. The monoisotopic (exact) mass is 314 g/mol. The molecule has 0 radical (unpaired) electrons. The van der Waals surface area contributed by atoms with Crippen molar-refractivity contribution in [1.29, 1.82) is 0 Å². The molecule has 0 heterocycles. The van der Waals surface area contributed by atoms with Crippen LogP contribution >= 0.6 is 0 Å². The van der Waals surface area contributed by atoms with Crippen molar-refractivity contribution in [2.75, 3.05) is 7.11 Å². The van der Waals surface area contributed by atoms with Crippen molar-refractivity contribution in [3.05, 3.63) is 0 Å². The molecule has 0 amide bonds. The van der Waals surface area contributed by atoms with Crippen LogP contribution in [-0.4, -0.2) is 24.3 Å². The van der Waals surface area contributed by atoms with Gasteiger partial charge in [-0.3, -0.25) is 4.79 Å². The molecule has 0 saturated heterocycles. The molecule has 0 bridgehead atoms. The molecule has 22 heavy (non-hydrogen) atoms. The first-order chi connectivity index (χ1) is 10.7. The average Bonchev–Trinajstić information content (AvgIpc) is 2.50. The molecule has 0 aromatic heterocycles. The number of unbranched alkanes of at least 4 members (excludes halogenated alkanes) is 10. The molecule has 132 valence electrons. The summed E-state index contributed by atoms with van der Waals surface area (Å²) in [5.74, 6) is -0.682. The Morgan fingerprint density at radius 2 is 1.27 bits per heavy atom. The van der Waals surface area contributed by atoms with Gasteiger partial charge in [-0.1, -0.05) is 77.6 Å². The Labute approximate surface area is 137 Å². The number of aliphatic carboxylic acids is 1. The number of rotatable bonds is 17. The number of carboxylic acid groups (broad SMARTS) is 1. The first kappa shape index (κ1) is 21.4. The highest BCUT2D eigenvalue weighted by Gasteiger charge is 2.07. The Bertz CT molecular complexity index is 241. The Hall–Kier alpha value is -0.570. The van der Waals surface area contributed by atoms with Crippen molar-refractivity contribution < 1.29 is 14.6 Å². The molecule has 0 aliphatic rings. The van der Waals surface area contributed by atoms with E-state index in [4.69, 9.17) is 9.84 Å². The normalized spacial score (nSPS) is 12.5. The molecule has 3 heteroatoms. The average molecular weight is 315 g/mol. The second kappa shape index (κ2) is 16.8. The largest absolute Gasteiger partial charge is 0.481 e. The summed E-state index contributed by atoms with van der Waals surface area (Å²) in [5.41, 5.74) is 0. The highest BCUT2D eigenvalue weighted by Crippen LogP contribution is 2.16. The zero-order valence-corrected chi connectivity index (χ0v) is 14.9. The lowest BCUT2D eigenvalue weighted by Gasteiger charge is -2.15. The third-order valence-electron chi connectivity index (χ3n) is 4.38. The summed E-state index contributed by atoms with van der Waals surface area (Å²) in [5, 5.41) is 8.59. The molecule has 0 fully saturated rings. The fraction of sp³-hybridized carbons (Fsp3) is 0.947. The SMILES string of the molecule is CCCCCCCCCCCC(CCCCCC(=O)O)OC. The van der Waals surface area contributed by atoms with E-state index in [0.29, 0.717) is 12.5 Å². The van der Waals surface area contributed by atoms with Crippen LogP contribution in [-0.2, 0) is 9.53 Å². The molecule has 1 unspecified atom stereocenters.